The molecule has 0 aromatic carbocycles. The average Bonchev–Trinajstić information content (AvgIpc) is 4.03. The van der Waals surface area contributed by atoms with Crippen LogP contribution in [0.25, 0.3) is 0 Å². The highest BCUT2D eigenvalue weighted by molar-refractivity contribution is 8.00. The van der Waals surface area contributed by atoms with Gasteiger partial charge in [0.05, 0.1) is 24.4 Å². The van der Waals surface area contributed by atoms with Crippen molar-refractivity contribution in [3.05, 3.63) is 0 Å². The molecule has 0 radical (unpaired) electrons. The number of fused-ring (bicyclic) bond motifs is 11. The zero-order valence-corrected chi connectivity index (χ0v) is 40.5. The van der Waals surface area contributed by atoms with Crippen LogP contribution in [0.5, 0.6) is 0 Å². The maximum absolute atomic E-state index is 7.56. The van der Waals surface area contributed by atoms with E-state index in [9.17, 15) is 0 Å². The summed E-state index contributed by atoms with van der Waals surface area (Å²) in [5, 5.41) is 1.88. The minimum Gasteiger partial charge on any atom is -0.374 e. The third kappa shape index (κ3) is 7.74. The molecule has 0 amide bonds. The summed E-state index contributed by atoms with van der Waals surface area (Å²) < 4.78 is 14.5. The maximum atomic E-state index is 7.56. The summed E-state index contributed by atoms with van der Waals surface area (Å²) in [5.74, 6) is 13.9. The molecule has 3 saturated heterocycles. The normalized spacial score (nSPS) is 54.3. The maximum Gasteiger partial charge on any atom is 0.0625 e. The Morgan fingerprint density at radius 2 is 0.774 bits per heavy atom. The van der Waals surface area contributed by atoms with Crippen LogP contribution in [0, 0.1) is 82.9 Å². The molecule has 3 heterocycles. The summed E-state index contributed by atoms with van der Waals surface area (Å²) in [6.45, 7) is 0. The van der Waals surface area contributed by atoms with Gasteiger partial charge >= 0.3 is 0 Å². The van der Waals surface area contributed by atoms with Gasteiger partial charge in [0.1, 0.15) is 0 Å². The fourth-order valence-corrected chi connectivity index (χ4v) is 23.9. The number of hydrogen-bond donors (Lipinski definition) is 0. The van der Waals surface area contributed by atoms with E-state index < -0.39 is 0 Å². The van der Waals surface area contributed by atoms with Crippen molar-refractivity contribution in [1.82, 2.24) is 4.90 Å². The molecule has 0 spiro atoms. The lowest BCUT2D eigenvalue weighted by Gasteiger charge is -2.52. The molecule has 3 aliphatic heterocycles. The quantitative estimate of drug-likeness (QED) is 0.265. The van der Waals surface area contributed by atoms with E-state index in [1.807, 2.05) is 0 Å². The van der Waals surface area contributed by atoms with E-state index in [4.69, 9.17) is 9.47 Å². The standard InChI is InChI=1S/C58H93NO2S/c1-2-10-36(11-3-1)37-20-25-41(26-21-37)59(42-27-22-39(23-28-42)45-16-8-13-38-12-4-5-14-44(38)45)43-29-31-48-47-30-24-40(34-54(47)61-55(48)35-43)46-17-9-18-49-50-32-33-53-56(58(50)62-57(46)49)51-15-6-7-19-52(51)60-53/h36-58H,1-35H2. The lowest BCUT2D eigenvalue weighted by Crippen LogP contribution is -2.54. The van der Waals surface area contributed by atoms with E-state index in [0.717, 1.165) is 111 Å². The van der Waals surface area contributed by atoms with Crippen LogP contribution in [0.1, 0.15) is 225 Å². The van der Waals surface area contributed by atoms with Crippen molar-refractivity contribution in [2.24, 2.45) is 82.9 Å². The van der Waals surface area contributed by atoms with E-state index in [2.05, 4.69) is 16.7 Å². The molecule has 0 aromatic rings. The van der Waals surface area contributed by atoms with Gasteiger partial charge in [-0.25, -0.2) is 0 Å². The Morgan fingerprint density at radius 1 is 0.274 bits per heavy atom. The first-order valence-electron chi connectivity index (χ1n) is 29.5. The Balaban J connectivity index is 0.676. The molecule has 348 valence electrons. The SMILES string of the molecule is C1CCC(C2CCC(N(C3CCC(C4CCCC5CCCCC54)CC3)C3CCC4C(C3)OC3CC(C5CCCC6C7CCC8OC9CCCCC9C8C7SC56)CCC34)CC2)CC1. The van der Waals surface area contributed by atoms with Crippen LogP contribution in [-0.2, 0) is 9.47 Å². The molecule has 3 nitrogen and oxygen atoms in total. The molecule has 13 rings (SSSR count). The first-order valence-corrected chi connectivity index (χ1v) is 30.4. The Morgan fingerprint density at radius 3 is 1.60 bits per heavy atom. The van der Waals surface area contributed by atoms with Crippen LogP contribution in [0.3, 0.4) is 0 Å². The Labute approximate surface area is 385 Å². The Bertz CT molecular complexity index is 1500. The molecule has 4 heteroatoms. The van der Waals surface area contributed by atoms with E-state index in [0.29, 0.717) is 24.4 Å². The van der Waals surface area contributed by atoms with Crippen molar-refractivity contribution in [3.8, 4) is 0 Å². The first-order chi connectivity index (χ1) is 30.7. The first kappa shape index (κ1) is 42.3. The van der Waals surface area contributed by atoms with Gasteiger partial charge in [-0.3, -0.25) is 4.90 Å². The van der Waals surface area contributed by atoms with Crippen LogP contribution >= 0.6 is 11.8 Å². The molecule has 18 atom stereocenters. The summed E-state index contributed by atoms with van der Waals surface area (Å²) in [5.41, 5.74) is 0. The minimum atomic E-state index is 0.566. The molecule has 62 heavy (non-hydrogen) atoms. The van der Waals surface area contributed by atoms with Crippen LogP contribution in [-0.4, -0.2) is 57.9 Å². The van der Waals surface area contributed by atoms with Gasteiger partial charge in [0.15, 0.2) is 0 Å². The molecule has 13 aliphatic rings. The molecular formula is C58H93NO2S. The highest BCUT2D eigenvalue weighted by Crippen LogP contribution is 2.64. The minimum absolute atomic E-state index is 0.566. The number of hydrogen-bond acceptors (Lipinski definition) is 4. The van der Waals surface area contributed by atoms with Gasteiger partial charge in [-0.15, -0.1) is 0 Å². The molecule has 10 aliphatic carbocycles. The molecule has 18 unspecified atom stereocenters. The van der Waals surface area contributed by atoms with Crippen LogP contribution in [0.4, 0.5) is 0 Å². The van der Waals surface area contributed by atoms with Gasteiger partial charge in [0.2, 0.25) is 0 Å². The number of nitrogens with zero attached hydrogens (tertiary/aromatic N) is 1. The summed E-state index contributed by atoms with van der Waals surface area (Å²) in [6.07, 6.45) is 55.3. The molecule has 0 N–H and O–H groups in total. The largest absolute Gasteiger partial charge is 0.374 e. The second-order valence-corrected chi connectivity index (χ2v) is 27.5. The number of rotatable bonds is 6. The van der Waals surface area contributed by atoms with Crippen molar-refractivity contribution in [3.63, 3.8) is 0 Å². The third-order valence-electron chi connectivity index (χ3n) is 23.9. The second-order valence-electron chi connectivity index (χ2n) is 26.2. The topological polar surface area (TPSA) is 21.7 Å². The average molecular weight is 868 g/mol. The predicted octanol–water partition coefficient (Wildman–Crippen LogP) is 14.8. The number of ether oxygens (including phenoxy) is 2. The molecule has 0 bridgehead atoms. The van der Waals surface area contributed by atoms with Crippen molar-refractivity contribution in [2.45, 2.75) is 278 Å². The molecule has 13 fully saturated rings. The lowest BCUT2D eigenvalue weighted by molar-refractivity contribution is -0.0548. The van der Waals surface area contributed by atoms with Crippen molar-refractivity contribution < 1.29 is 9.47 Å². The van der Waals surface area contributed by atoms with E-state index >= 15 is 0 Å². The van der Waals surface area contributed by atoms with E-state index in [1.165, 1.54) is 148 Å². The summed E-state index contributed by atoms with van der Waals surface area (Å²) >= 11 is 2.58. The molecular weight excluding hydrogens is 775 g/mol. The summed E-state index contributed by atoms with van der Waals surface area (Å²) in [6, 6.07) is 2.53. The Kier molecular flexibility index (Phi) is 12.5. The zero-order valence-electron chi connectivity index (χ0n) is 39.7. The predicted molar refractivity (Wildman–Crippen MR) is 256 cm³/mol. The number of thioether (sulfide) groups is 1. The van der Waals surface area contributed by atoms with Gasteiger partial charge in [0, 0.05) is 34.5 Å². The van der Waals surface area contributed by atoms with Gasteiger partial charge in [-0.2, -0.15) is 11.8 Å². The lowest BCUT2D eigenvalue weighted by atomic mass is 9.59. The highest BCUT2D eigenvalue weighted by Gasteiger charge is 2.61. The van der Waals surface area contributed by atoms with Crippen molar-refractivity contribution in [1.29, 1.82) is 0 Å². The molecule has 0 aromatic heterocycles. The van der Waals surface area contributed by atoms with Crippen LogP contribution in [0.2, 0.25) is 0 Å². The van der Waals surface area contributed by atoms with Crippen LogP contribution < -0.4 is 0 Å². The second kappa shape index (κ2) is 18.3. The molecule has 10 saturated carbocycles. The van der Waals surface area contributed by atoms with Gasteiger partial charge in [-0.1, -0.05) is 83.5 Å². The van der Waals surface area contributed by atoms with Crippen molar-refractivity contribution >= 4 is 11.8 Å². The van der Waals surface area contributed by atoms with Gasteiger partial charge < -0.3 is 9.47 Å². The fraction of sp³-hybridized carbons (Fsp3) is 1.00. The third-order valence-corrected chi connectivity index (χ3v) is 25.9. The summed E-state index contributed by atoms with van der Waals surface area (Å²) in [7, 11) is 0. The van der Waals surface area contributed by atoms with Crippen molar-refractivity contribution in [2.75, 3.05) is 0 Å². The highest BCUT2D eigenvalue weighted by atomic mass is 32.2. The fourth-order valence-electron chi connectivity index (χ4n) is 21.3. The van der Waals surface area contributed by atoms with Gasteiger partial charge in [0.25, 0.3) is 0 Å². The monoisotopic (exact) mass is 868 g/mol. The zero-order chi connectivity index (χ0) is 40.7. The van der Waals surface area contributed by atoms with Crippen LogP contribution in [0.15, 0.2) is 0 Å². The van der Waals surface area contributed by atoms with Gasteiger partial charge in [-0.05, 0) is 218 Å². The van der Waals surface area contributed by atoms with E-state index in [1.54, 1.807) is 77.0 Å². The van der Waals surface area contributed by atoms with E-state index in [-0.39, 0.29) is 0 Å². The Hall–Kier alpha value is 0.230. The summed E-state index contributed by atoms with van der Waals surface area (Å²) in [4.78, 5) is 3.34. The smallest absolute Gasteiger partial charge is 0.0625 e.